The fourth-order valence-electron chi connectivity index (χ4n) is 7.29. The minimum atomic E-state index is -0.435. The van der Waals surface area contributed by atoms with E-state index in [2.05, 4.69) is 21.3 Å². The smallest absolute Gasteiger partial charge is 0.254 e. The summed E-state index contributed by atoms with van der Waals surface area (Å²) in [6, 6.07) is 7.67. The van der Waals surface area contributed by atoms with Crippen LogP contribution in [0, 0.1) is 11.2 Å². The molecule has 0 unspecified atom stereocenters. The summed E-state index contributed by atoms with van der Waals surface area (Å²) in [4.78, 5) is 38.6. The van der Waals surface area contributed by atoms with E-state index in [0.29, 0.717) is 60.7 Å². The number of aryl methyl sites for hydroxylation is 2. The molecule has 3 aliphatic rings. The Balaban J connectivity index is 1.28. The van der Waals surface area contributed by atoms with Gasteiger partial charge in [-0.25, -0.2) is 14.4 Å². The maximum absolute atomic E-state index is 16.3. The Labute approximate surface area is 268 Å². The van der Waals surface area contributed by atoms with Crippen LogP contribution in [0.2, 0.25) is 0 Å². The number of hydrogen-bond acceptors (Lipinski definition) is 6. The number of fused-ring (bicyclic) bond motifs is 3. The van der Waals surface area contributed by atoms with Crippen LogP contribution in [-0.2, 0) is 29.5 Å². The maximum atomic E-state index is 16.3. The van der Waals surface area contributed by atoms with Crippen molar-refractivity contribution in [3.63, 3.8) is 0 Å². The molecule has 1 saturated heterocycles. The fourth-order valence-corrected chi connectivity index (χ4v) is 7.29. The van der Waals surface area contributed by atoms with E-state index in [0.717, 1.165) is 67.6 Å². The van der Waals surface area contributed by atoms with Gasteiger partial charge in [-0.15, -0.1) is 0 Å². The number of morpholine rings is 1. The van der Waals surface area contributed by atoms with E-state index in [-0.39, 0.29) is 29.7 Å². The third-order valence-electron chi connectivity index (χ3n) is 10.1. The van der Waals surface area contributed by atoms with Gasteiger partial charge in [0.05, 0.1) is 36.2 Å². The number of imidazole rings is 1. The van der Waals surface area contributed by atoms with Crippen molar-refractivity contribution < 1.29 is 18.7 Å². The number of hydrogen-bond donors (Lipinski definition) is 2. The predicted molar refractivity (Wildman–Crippen MR) is 175 cm³/mol. The molecule has 46 heavy (non-hydrogen) atoms. The molecular formula is C35H44FN7O3. The summed E-state index contributed by atoms with van der Waals surface area (Å²) in [5, 5.41) is 7.55. The number of pyridine rings is 1. The quantitative estimate of drug-likeness (QED) is 0.335. The molecule has 3 aromatic heterocycles. The lowest BCUT2D eigenvalue weighted by Crippen LogP contribution is -2.51. The number of rotatable bonds is 3. The number of carbonyl (C=O) groups is 2. The van der Waals surface area contributed by atoms with Gasteiger partial charge in [0.2, 0.25) is 5.91 Å². The number of carbonyl (C=O) groups excluding carboxylic acids is 2. The third-order valence-corrected chi connectivity index (χ3v) is 10.1. The minimum Gasteiger partial charge on any atom is -0.378 e. The summed E-state index contributed by atoms with van der Waals surface area (Å²) in [5.74, 6) is 0.143. The molecule has 0 spiro atoms. The van der Waals surface area contributed by atoms with E-state index >= 15 is 4.39 Å². The molecule has 3 aliphatic heterocycles. The zero-order valence-corrected chi connectivity index (χ0v) is 27.3. The molecule has 6 heterocycles. The summed E-state index contributed by atoms with van der Waals surface area (Å²) >= 11 is 0. The molecule has 2 atom stereocenters. The van der Waals surface area contributed by atoms with Crippen LogP contribution in [0.1, 0.15) is 80.5 Å². The van der Waals surface area contributed by atoms with E-state index in [1.165, 1.54) is 0 Å². The lowest BCUT2D eigenvalue weighted by Gasteiger charge is -2.33. The van der Waals surface area contributed by atoms with E-state index in [1.54, 1.807) is 11.0 Å². The minimum absolute atomic E-state index is 0.0423. The van der Waals surface area contributed by atoms with Crippen LogP contribution in [0.4, 0.5) is 4.39 Å². The van der Waals surface area contributed by atoms with Crippen molar-refractivity contribution in [1.29, 1.82) is 0 Å². The lowest BCUT2D eigenvalue weighted by molar-refractivity contribution is -0.130. The molecule has 2 amide bonds. The summed E-state index contributed by atoms with van der Waals surface area (Å²) in [6.07, 6.45) is 5.29. The zero-order valence-electron chi connectivity index (χ0n) is 27.3. The van der Waals surface area contributed by atoms with Crippen molar-refractivity contribution in [2.45, 2.75) is 77.9 Å². The van der Waals surface area contributed by atoms with Crippen molar-refractivity contribution in [3.8, 4) is 11.5 Å². The Bertz CT molecular complexity index is 1820. The SMILES string of the molecule is C[C@H]1NC(=O)C(C)(C)CCCCCCn2c(-c3nc4cc5c(c(F)c4n3C)CCN(C[C@H]3COCCN3)C5=O)cc3ccc1nc32. The van der Waals surface area contributed by atoms with Gasteiger partial charge in [0, 0.05) is 61.2 Å². The van der Waals surface area contributed by atoms with Gasteiger partial charge < -0.3 is 29.4 Å². The van der Waals surface area contributed by atoms with Crippen molar-refractivity contribution in [1.82, 2.24) is 34.6 Å². The Morgan fingerprint density at radius 2 is 1.91 bits per heavy atom. The Morgan fingerprint density at radius 1 is 1.09 bits per heavy atom. The fraction of sp³-hybridized carbons (Fsp3) is 0.543. The number of benzene rings is 1. The molecule has 0 radical (unpaired) electrons. The van der Waals surface area contributed by atoms with Crippen LogP contribution in [0.15, 0.2) is 24.3 Å². The number of nitrogens with one attached hydrogen (secondary N) is 2. The van der Waals surface area contributed by atoms with Gasteiger partial charge in [-0.2, -0.15) is 0 Å². The van der Waals surface area contributed by atoms with Gasteiger partial charge in [0.15, 0.2) is 11.6 Å². The zero-order chi connectivity index (χ0) is 32.2. The van der Waals surface area contributed by atoms with E-state index in [9.17, 15) is 9.59 Å². The molecule has 10 nitrogen and oxygen atoms in total. The van der Waals surface area contributed by atoms with Crippen LogP contribution < -0.4 is 10.6 Å². The summed E-state index contributed by atoms with van der Waals surface area (Å²) in [7, 11) is 1.85. The van der Waals surface area contributed by atoms with Crippen molar-refractivity contribution in [2.75, 3.05) is 32.8 Å². The monoisotopic (exact) mass is 629 g/mol. The highest BCUT2D eigenvalue weighted by molar-refractivity contribution is 6.01. The first kappa shape index (κ1) is 30.8. The second kappa shape index (κ2) is 12.1. The van der Waals surface area contributed by atoms with E-state index < -0.39 is 5.41 Å². The molecule has 11 heteroatoms. The lowest BCUT2D eigenvalue weighted by atomic mass is 9.85. The molecule has 2 N–H and O–H groups in total. The third kappa shape index (κ3) is 5.47. The predicted octanol–water partition coefficient (Wildman–Crippen LogP) is 4.88. The first-order valence-electron chi connectivity index (χ1n) is 16.7. The number of aromatic nitrogens is 4. The summed E-state index contributed by atoms with van der Waals surface area (Å²) < 4.78 is 25.9. The Hall–Kier alpha value is -3.83. The first-order chi connectivity index (χ1) is 22.1. The molecule has 7 rings (SSSR count). The molecule has 0 aliphatic carbocycles. The second-order valence-electron chi connectivity index (χ2n) is 13.9. The molecule has 4 aromatic rings. The molecule has 244 valence electrons. The van der Waals surface area contributed by atoms with Crippen LogP contribution in [0.3, 0.4) is 0 Å². The van der Waals surface area contributed by atoms with Crippen molar-refractivity contribution in [2.24, 2.45) is 12.5 Å². The van der Waals surface area contributed by atoms with Crippen LogP contribution in [-0.4, -0.2) is 74.7 Å². The van der Waals surface area contributed by atoms with Gasteiger partial charge in [-0.05, 0) is 50.5 Å². The van der Waals surface area contributed by atoms with E-state index in [4.69, 9.17) is 14.7 Å². The molecule has 1 aromatic carbocycles. The highest BCUT2D eigenvalue weighted by atomic mass is 19.1. The largest absolute Gasteiger partial charge is 0.378 e. The Kier molecular flexibility index (Phi) is 8.09. The molecule has 0 saturated carbocycles. The van der Waals surface area contributed by atoms with Crippen molar-refractivity contribution in [3.05, 3.63) is 46.9 Å². The van der Waals surface area contributed by atoms with Crippen LogP contribution in [0.5, 0.6) is 0 Å². The number of amides is 2. The average Bonchev–Trinajstić information content (AvgIpc) is 3.57. The number of ether oxygens (including phenoxy) is 1. The topological polar surface area (TPSA) is 106 Å². The van der Waals surface area contributed by atoms with E-state index in [1.807, 2.05) is 44.5 Å². The van der Waals surface area contributed by atoms with Crippen LogP contribution >= 0.6 is 0 Å². The highest BCUT2D eigenvalue weighted by Crippen LogP contribution is 2.35. The van der Waals surface area contributed by atoms with Gasteiger partial charge in [-0.1, -0.05) is 33.1 Å². The first-order valence-corrected chi connectivity index (χ1v) is 16.7. The highest BCUT2D eigenvalue weighted by Gasteiger charge is 2.32. The maximum Gasteiger partial charge on any atom is 0.254 e. The number of halogens is 1. The molecule has 2 bridgehead atoms. The summed E-state index contributed by atoms with van der Waals surface area (Å²) in [6.45, 7) is 9.73. The molecule has 1 fully saturated rings. The van der Waals surface area contributed by atoms with Gasteiger partial charge in [0.25, 0.3) is 5.91 Å². The Morgan fingerprint density at radius 3 is 2.72 bits per heavy atom. The van der Waals surface area contributed by atoms with Gasteiger partial charge >= 0.3 is 0 Å². The van der Waals surface area contributed by atoms with Gasteiger partial charge in [-0.3, -0.25) is 9.59 Å². The summed E-state index contributed by atoms with van der Waals surface area (Å²) in [5.41, 5.74) is 3.77. The van der Waals surface area contributed by atoms with Crippen molar-refractivity contribution >= 4 is 33.9 Å². The normalized spacial score (nSPS) is 22.7. The number of nitrogens with zero attached hydrogens (tertiary/aromatic N) is 5. The molecular weight excluding hydrogens is 585 g/mol. The van der Waals surface area contributed by atoms with Gasteiger partial charge in [0.1, 0.15) is 11.2 Å². The second-order valence-corrected chi connectivity index (χ2v) is 13.9. The average molecular weight is 630 g/mol. The standard InChI is InChI=1S/C35H44FN7O3/c1-21-26-10-9-22-17-28(43(31(22)39-26)14-8-6-5-7-12-35(2,3)34(45)38-21)32-40-27-18-25-24(29(36)30(27)41(32)4)11-15-42(33(25)44)19-23-20-46-16-13-37-23/h9-10,17-18,21,23,37H,5-8,11-16,19-20H2,1-4H3,(H,38,45)/t21-,23+/m1/s1. The van der Waals surface area contributed by atoms with Crippen LogP contribution in [0.25, 0.3) is 33.6 Å².